The summed E-state index contributed by atoms with van der Waals surface area (Å²) in [5.41, 5.74) is 9.16. The molecule has 3 N–H and O–H groups in total. The number of hydrogen-bond donors (Lipinski definition) is 2. The van der Waals surface area contributed by atoms with Gasteiger partial charge in [-0.05, 0) is 36.4 Å². The fraction of sp³-hybridized carbons (Fsp3) is 0.263. The van der Waals surface area contributed by atoms with Crippen LogP contribution < -0.4 is 5.73 Å². The van der Waals surface area contributed by atoms with Gasteiger partial charge in [0.05, 0.1) is 18.0 Å². The summed E-state index contributed by atoms with van der Waals surface area (Å²) in [6.07, 6.45) is 2.31. The number of aromatic amines is 1. The van der Waals surface area contributed by atoms with Gasteiger partial charge in [-0.3, -0.25) is 4.98 Å². The number of halogens is 1. The molecule has 134 valence electrons. The Kier molecular flexibility index (Phi) is 4.50. The fourth-order valence-corrected chi connectivity index (χ4v) is 2.84. The maximum Gasteiger partial charge on any atom is 0.218 e. The van der Waals surface area contributed by atoms with Crippen molar-refractivity contribution in [1.29, 1.82) is 0 Å². The van der Waals surface area contributed by atoms with Gasteiger partial charge in [0.1, 0.15) is 12.0 Å². The molecule has 1 fully saturated rings. The van der Waals surface area contributed by atoms with E-state index in [1.54, 1.807) is 24.5 Å². The molecule has 0 aliphatic carbocycles. The smallest absolute Gasteiger partial charge is 0.218 e. The van der Waals surface area contributed by atoms with Crippen LogP contribution in [-0.4, -0.2) is 27.8 Å². The molecule has 7 heteroatoms. The average Bonchev–Trinajstić information content (AvgIpc) is 3.11. The molecule has 3 heterocycles. The van der Waals surface area contributed by atoms with Gasteiger partial charge in [0, 0.05) is 29.4 Å². The normalized spacial score (nSPS) is 23.1. The molecule has 3 aromatic rings. The van der Waals surface area contributed by atoms with Gasteiger partial charge in [-0.25, -0.2) is 9.37 Å². The van der Waals surface area contributed by atoms with Gasteiger partial charge in [0.25, 0.3) is 0 Å². The molecule has 26 heavy (non-hydrogen) atoms. The summed E-state index contributed by atoms with van der Waals surface area (Å²) >= 11 is 0. The van der Waals surface area contributed by atoms with Crippen LogP contribution in [0.4, 0.5) is 4.39 Å². The number of imidazole rings is 1. The maximum atomic E-state index is 13.3. The Morgan fingerprint density at radius 1 is 1.12 bits per heavy atom. The first-order valence-electron chi connectivity index (χ1n) is 8.40. The Labute approximate surface area is 150 Å². The van der Waals surface area contributed by atoms with Gasteiger partial charge in [-0.1, -0.05) is 6.92 Å². The zero-order valence-corrected chi connectivity index (χ0v) is 14.2. The van der Waals surface area contributed by atoms with Crippen molar-refractivity contribution in [2.75, 3.05) is 6.61 Å². The minimum atomic E-state index is -0.670. The molecule has 6 nitrogen and oxygen atoms in total. The predicted octanol–water partition coefficient (Wildman–Crippen LogP) is 3.24. The van der Waals surface area contributed by atoms with E-state index in [1.165, 1.54) is 12.1 Å². The van der Waals surface area contributed by atoms with Crippen molar-refractivity contribution in [3.63, 3.8) is 0 Å². The molecule has 0 amide bonds. The predicted molar refractivity (Wildman–Crippen MR) is 94.1 cm³/mol. The van der Waals surface area contributed by atoms with Crippen molar-refractivity contribution in [2.45, 2.75) is 19.4 Å². The van der Waals surface area contributed by atoms with E-state index in [4.69, 9.17) is 15.2 Å². The molecule has 1 aromatic carbocycles. The first-order valence-corrected chi connectivity index (χ1v) is 8.40. The highest BCUT2D eigenvalue weighted by molar-refractivity contribution is 5.78. The van der Waals surface area contributed by atoms with Crippen molar-refractivity contribution < 1.29 is 13.9 Å². The topological polar surface area (TPSA) is 86.0 Å². The van der Waals surface area contributed by atoms with Crippen molar-refractivity contribution in [3.05, 3.63) is 60.4 Å². The second-order valence-electron chi connectivity index (χ2n) is 6.33. The Hall–Kier alpha value is -2.61. The van der Waals surface area contributed by atoms with E-state index in [0.29, 0.717) is 18.1 Å². The second-order valence-corrected chi connectivity index (χ2v) is 6.33. The number of aromatic nitrogens is 3. The maximum absolute atomic E-state index is 13.3. The lowest BCUT2D eigenvalue weighted by atomic mass is 10.1. The van der Waals surface area contributed by atoms with Crippen molar-refractivity contribution in [2.24, 2.45) is 11.7 Å². The van der Waals surface area contributed by atoms with Crippen LogP contribution in [0.5, 0.6) is 0 Å². The van der Waals surface area contributed by atoms with Crippen molar-refractivity contribution in [3.8, 4) is 22.5 Å². The second kappa shape index (κ2) is 6.95. The van der Waals surface area contributed by atoms with Gasteiger partial charge in [-0.15, -0.1) is 0 Å². The van der Waals surface area contributed by atoms with Crippen LogP contribution in [0.25, 0.3) is 22.5 Å². The van der Waals surface area contributed by atoms with E-state index in [1.807, 2.05) is 19.1 Å². The van der Waals surface area contributed by atoms with Gasteiger partial charge in [0.2, 0.25) is 6.29 Å². The standard InChI is InChI=1S/C19H19FN4O2/c1-11-10-25-19(26-17(11)21)18-23-15(12-2-4-14(20)5-3-12)16(24-18)13-6-8-22-9-7-13/h2-9,11,17,19H,10,21H2,1H3,(H,23,24). The third-order valence-electron chi connectivity index (χ3n) is 4.38. The number of pyridine rings is 1. The molecule has 4 rings (SSSR count). The molecule has 3 unspecified atom stereocenters. The first kappa shape index (κ1) is 16.8. The largest absolute Gasteiger partial charge is 0.345 e. The van der Waals surface area contributed by atoms with Crippen LogP contribution in [0, 0.1) is 11.7 Å². The van der Waals surface area contributed by atoms with E-state index in [0.717, 1.165) is 16.8 Å². The molecule has 1 aliphatic heterocycles. The van der Waals surface area contributed by atoms with E-state index in [2.05, 4.69) is 15.0 Å². The summed E-state index contributed by atoms with van der Waals surface area (Å²) in [7, 11) is 0. The van der Waals surface area contributed by atoms with E-state index in [-0.39, 0.29) is 11.7 Å². The molecule has 1 aliphatic rings. The Balaban J connectivity index is 1.77. The molecule has 0 spiro atoms. The third-order valence-corrected chi connectivity index (χ3v) is 4.38. The quantitative estimate of drug-likeness (QED) is 0.754. The monoisotopic (exact) mass is 354 g/mol. The number of H-pyrrole nitrogens is 1. The number of hydrogen-bond acceptors (Lipinski definition) is 5. The van der Waals surface area contributed by atoms with Gasteiger partial charge in [-0.2, -0.15) is 0 Å². The summed E-state index contributed by atoms with van der Waals surface area (Å²) in [5, 5.41) is 0. The number of rotatable bonds is 3. The molecule has 1 saturated heterocycles. The minimum absolute atomic E-state index is 0.109. The van der Waals surface area contributed by atoms with Gasteiger partial charge < -0.3 is 20.2 Å². The summed E-state index contributed by atoms with van der Waals surface area (Å²) < 4.78 is 24.8. The third kappa shape index (κ3) is 3.24. The van der Waals surface area contributed by atoms with Crippen molar-refractivity contribution in [1.82, 2.24) is 15.0 Å². The number of nitrogens with two attached hydrogens (primary N) is 1. The van der Waals surface area contributed by atoms with Crippen molar-refractivity contribution >= 4 is 0 Å². The highest BCUT2D eigenvalue weighted by Crippen LogP contribution is 2.34. The van der Waals surface area contributed by atoms with Crippen LogP contribution in [-0.2, 0) is 9.47 Å². The summed E-state index contributed by atoms with van der Waals surface area (Å²) in [6.45, 7) is 2.46. The molecule has 0 saturated carbocycles. The molecule has 2 aromatic heterocycles. The zero-order valence-electron chi connectivity index (χ0n) is 14.2. The number of nitrogens with zero attached hydrogens (tertiary/aromatic N) is 2. The molecular formula is C19H19FN4O2. The molecular weight excluding hydrogens is 335 g/mol. The van der Waals surface area contributed by atoms with E-state index < -0.39 is 12.5 Å². The first-order chi connectivity index (χ1) is 12.6. The fourth-order valence-electron chi connectivity index (χ4n) is 2.84. The Bertz CT molecular complexity index is 882. The highest BCUT2D eigenvalue weighted by Gasteiger charge is 2.30. The van der Waals surface area contributed by atoms with E-state index >= 15 is 0 Å². The average molecular weight is 354 g/mol. The summed E-state index contributed by atoms with van der Waals surface area (Å²) in [4.78, 5) is 12.0. The summed E-state index contributed by atoms with van der Waals surface area (Å²) in [6, 6.07) is 9.96. The summed E-state index contributed by atoms with van der Waals surface area (Å²) in [5.74, 6) is 0.341. The van der Waals surface area contributed by atoms with Crippen LogP contribution in [0.15, 0.2) is 48.8 Å². The number of nitrogens with one attached hydrogen (secondary N) is 1. The van der Waals surface area contributed by atoms with Crippen LogP contribution in [0.3, 0.4) is 0 Å². The Morgan fingerprint density at radius 3 is 2.54 bits per heavy atom. The van der Waals surface area contributed by atoms with Crippen LogP contribution >= 0.6 is 0 Å². The molecule has 0 radical (unpaired) electrons. The lowest BCUT2D eigenvalue weighted by Crippen LogP contribution is -2.40. The van der Waals surface area contributed by atoms with Gasteiger partial charge >= 0.3 is 0 Å². The molecule has 3 atom stereocenters. The SMILES string of the molecule is CC1COC(c2nc(-c3ccncc3)c(-c3ccc(F)cc3)[nH]2)OC1N. The van der Waals surface area contributed by atoms with Crippen LogP contribution in [0.2, 0.25) is 0 Å². The van der Waals surface area contributed by atoms with E-state index in [9.17, 15) is 4.39 Å². The molecule has 0 bridgehead atoms. The number of ether oxygens (including phenoxy) is 2. The zero-order chi connectivity index (χ0) is 18.1. The lowest BCUT2D eigenvalue weighted by molar-refractivity contribution is -0.239. The minimum Gasteiger partial charge on any atom is -0.345 e. The van der Waals surface area contributed by atoms with Crippen LogP contribution in [0.1, 0.15) is 19.0 Å². The highest BCUT2D eigenvalue weighted by atomic mass is 19.1. The Morgan fingerprint density at radius 2 is 1.85 bits per heavy atom. The van der Waals surface area contributed by atoms with Gasteiger partial charge in [0.15, 0.2) is 5.82 Å². The number of benzene rings is 1. The lowest BCUT2D eigenvalue weighted by Gasteiger charge is -2.31.